The predicted octanol–water partition coefficient (Wildman–Crippen LogP) is 5.65. The van der Waals surface area contributed by atoms with Crippen LogP contribution in [-0.2, 0) is 0 Å². The van der Waals surface area contributed by atoms with E-state index in [2.05, 4.69) is 67.2 Å². The van der Waals surface area contributed by atoms with Crippen molar-refractivity contribution < 1.29 is 0 Å². The lowest BCUT2D eigenvalue weighted by Crippen LogP contribution is -2.36. The van der Waals surface area contributed by atoms with Crippen molar-refractivity contribution in [3.8, 4) is 0 Å². The van der Waals surface area contributed by atoms with Crippen LogP contribution in [0.25, 0.3) is 0 Å². The molecule has 2 atom stereocenters. The average Bonchev–Trinajstić information content (AvgIpc) is 2.62. The van der Waals surface area contributed by atoms with Gasteiger partial charge < -0.3 is 4.90 Å². The van der Waals surface area contributed by atoms with Crippen molar-refractivity contribution in [2.45, 2.75) is 20.8 Å². The van der Waals surface area contributed by atoms with Crippen LogP contribution < -0.4 is 4.90 Å². The Morgan fingerprint density at radius 1 is 0.792 bits per heavy atom. The zero-order chi connectivity index (χ0) is 16.1. The highest BCUT2D eigenvalue weighted by Gasteiger charge is 2.42. The smallest absolute Gasteiger partial charge is 0.111 e. The fourth-order valence-electron chi connectivity index (χ4n) is 3.14. The highest BCUT2D eigenvalue weighted by Crippen LogP contribution is 2.60. The van der Waals surface area contributed by atoms with Gasteiger partial charge in [-0.2, -0.15) is 0 Å². The summed E-state index contributed by atoms with van der Waals surface area (Å²) in [4.78, 5) is 11.7. The quantitative estimate of drug-likeness (QED) is 0.513. The first-order valence-corrected chi connectivity index (χ1v) is 10.1. The largest absolute Gasteiger partial charge is 0.338 e. The van der Waals surface area contributed by atoms with E-state index >= 15 is 0 Å². The molecule has 0 saturated heterocycles. The molecule has 24 heavy (non-hydrogen) atoms. The summed E-state index contributed by atoms with van der Waals surface area (Å²) in [6.45, 7) is 0. The molecule has 0 amide bonds. The molecule has 0 N–H and O–H groups in total. The van der Waals surface area contributed by atoms with Crippen molar-refractivity contribution in [2.75, 3.05) is 4.90 Å². The number of hydrogen-bond donors (Lipinski definition) is 0. The number of thioether (sulfide) groups is 2. The Hall–Kier alpha value is -1.50. The lowest BCUT2D eigenvalue weighted by atomic mass is 10.1. The molecule has 1 aromatic carbocycles. The highest BCUT2D eigenvalue weighted by molar-refractivity contribution is 9.10. The zero-order valence-corrected chi connectivity index (χ0v) is 15.7. The lowest BCUT2D eigenvalue weighted by molar-refractivity contribution is 0.693. The SMILES string of the molecule is Brc1ccc(N2C3Sc4ncccc4C2Sc2ncccc23)cc1. The van der Waals surface area contributed by atoms with E-state index in [0.717, 1.165) is 14.5 Å². The molecular weight excluding hydrogens is 402 g/mol. The maximum Gasteiger partial charge on any atom is 0.111 e. The predicted molar refractivity (Wildman–Crippen MR) is 102 cm³/mol. The number of benzene rings is 1. The van der Waals surface area contributed by atoms with Crippen LogP contribution in [0, 0.1) is 0 Å². The maximum absolute atomic E-state index is 4.61. The Morgan fingerprint density at radius 2 is 1.33 bits per heavy atom. The molecule has 6 heteroatoms. The standard InChI is InChI=1S/C18H12BrN3S2/c19-11-5-7-12(8-6-11)22-17-13-3-1-9-20-15(13)23-18(22)14-4-2-10-21-16(14)24-17/h1-10,17-18H. The van der Waals surface area contributed by atoms with Gasteiger partial charge in [0.15, 0.2) is 0 Å². The number of halogens is 1. The lowest BCUT2D eigenvalue weighted by Gasteiger charge is -2.46. The first-order valence-electron chi connectivity index (χ1n) is 7.58. The average molecular weight is 414 g/mol. The van der Waals surface area contributed by atoms with E-state index in [-0.39, 0.29) is 10.7 Å². The van der Waals surface area contributed by atoms with Gasteiger partial charge >= 0.3 is 0 Å². The normalized spacial score (nSPS) is 21.1. The number of rotatable bonds is 1. The topological polar surface area (TPSA) is 29.0 Å². The summed E-state index contributed by atoms with van der Waals surface area (Å²) in [5.41, 5.74) is 3.75. The van der Waals surface area contributed by atoms with Gasteiger partial charge in [-0.3, -0.25) is 0 Å². The van der Waals surface area contributed by atoms with Gasteiger partial charge in [0.25, 0.3) is 0 Å². The number of nitrogens with zero attached hydrogens (tertiary/aromatic N) is 3. The second kappa shape index (κ2) is 5.79. The van der Waals surface area contributed by atoms with E-state index in [4.69, 9.17) is 0 Å². The van der Waals surface area contributed by atoms with Gasteiger partial charge in [0.2, 0.25) is 0 Å². The molecule has 118 valence electrons. The van der Waals surface area contributed by atoms with Crippen LogP contribution in [0.3, 0.4) is 0 Å². The van der Waals surface area contributed by atoms with E-state index in [1.807, 2.05) is 48.1 Å². The minimum absolute atomic E-state index is 0.198. The fraction of sp³-hybridized carbons (Fsp3) is 0.111. The molecule has 0 spiro atoms. The maximum atomic E-state index is 4.61. The summed E-state index contributed by atoms with van der Waals surface area (Å²) in [5.74, 6) is 0. The molecule has 2 bridgehead atoms. The fourth-order valence-corrected chi connectivity index (χ4v) is 6.27. The Bertz CT molecular complexity index is 863. The van der Waals surface area contributed by atoms with Gasteiger partial charge in [0, 0.05) is 33.7 Å². The number of anilines is 1. The first-order chi connectivity index (χ1) is 11.8. The molecule has 0 aliphatic carbocycles. The van der Waals surface area contributed by atoms with E-state index in [1.54, 1.807) is 0 Å². The van der Waals surface area contributed by atoms with E-state index < -0.39 is 0 Å². The van der Waals surface area contributed by atoms with Gasteiger partial charge in [-0.25, -0.2) is 9.97 Å². The molecule has 3 aromatic rings. The Labute approximate surface area is 157 Å². The van der Waals surface area contributed by atoms with Crippen molar-refractivity contribution in [2.24, 2.45) is 0 Å². The third kappa shape index (κ3) is 2.28. The molecule has 2 aliphatic rings. The summed E-state index contributed by atoms with van der Waals surface area (Å²) in [5, 5.41) is 2.65. The molecule has 5 rings (SSSR count). The molecule has 2 unspecified atom stereocenters. The van der Waals surface area contributed by atoms with Crippen molar-refractivity contribution in [1.82, 2.24) is 9.97 Å². The van der Waals surface area contributed by atoms with Gasteiger partial charge in [0.1, 0.15) is 20.8 Å². The Kier molecular flexibility index (Phi) is 3.57. The Morgan fingerprint density at radius 3 is 1.88 bits per heavy atom. The minimum Gasteiger partial charge on any atom is -0.338 e. The van der Waals surface area contributed by atoms with Crippen LogP contribution in [0.4, 0.5) is 5.69 Å². The van der Waals surface area contributed by atoms with Crippen molar-refractivity contribution in [3.05, 3.63) is 76.5 Å². The number of fused-ring (bicyclic) bond motifs is 6. The van der Waals surface area contributed by atoms with Crippen molar-refractivity contribution in [3.63, 3.8) is 0 Å². The van der Waals surface area contributed by atoms with E-state index in [0.29, 0.717) is 0 Å². The second-order valence-electron chi connectivity index (χ2n) is 5.62. The molecule has 2 aromatic heterocycles. The molecule has 0 saturated carbocycles. The van der Waals surface area contributed by atoms with Crippen molar-refractivity contribution >= 4 is 45.1 Å². The summed E-state index contributed by atoms with van der Waals surface area (Å²) in [6, 6.07) is 17.0. The highest BCUT2D eigenvalue weighted by atomic mass is 79.9. The summed E-state index contributed by atoms with van der Waals surface area (Å²) < 4.78 is 1.10. The van der Waals surface area contributed by atoms with E-state index in [1.165, 1.54) is 16.8 Å². The minimum atomic E-state index is 0.198. The second-order valence-corrected chi connectivity index (χ2v) is 8.67. The summed E-state index contributed by atoms with van der Waals surface area (Å²) >= 11 is 7.16. The van der Waals surface area contributed by atoms with Crippen molar-refractivity contribution in [1.29, 1.82) is 0 Å². The molecule has 0 fully saturated rings. The third-order valence-electron chi connectivity index (χ3n) is 4.21. The number of pyridine rings is 2. The van der Waals surface area contributed by atoms with Crippen LogP contribution in [0.2, 0.25) is 0 Å². The van der Waals surface area contributed by atoms with Gasteiger partial charge in [-0.15, -0.1) is 0 Å². The number of aromatic nitrogens is 2. The molecule has 0 radical (unpaired) electrons. The van der Waals surface area contributed by atoms with Crippen LogP contribution in [-0.4, -0.2) is 9.97 Å². The van der Waals surface area contributed by atoms with Crippen LogP contribution in [0.1, 0.15) is 21.9 Å². The van der Waals surface area contributed by atoms with Gasteiger partial charge in [0.05, 0.1) is 0 Å². The number of hydrogen-bond acceptors (Lipinski definition) is 5. The zero-order valence-electron chi connectivity index (χ0n) is 12.5. The van der Waals surface area contributed by atoms with Crippen LogP contribution >= 0.6 is 39.5 Å². The van der Waals surface area contributed by atoms with Crippen LogP contribution in [0.15, 0.2) is 75.4 Å². The third-order valence-corrected chi connectivity index (χ3v) is 7.28. The molecule has 2 aliphatic heterocycles. The van der Waals surface area contributed by atoms with Crippen LogP contribution in [0.5, 0.6) is 0 Å². The molecular formula is C18H12BrN3S2. The summed E-state index contributed by atoms with van der Waals surface area (Å²) in [6.07, 6.45) is 3.76. The van der Waals surface area contributed by atoms with E-state index in [9.17, 15) is 0 Å². The first kappa shape index (κ1) is 14.8. The Balaban J connectivity index is 1.71. The molecule has 3 nitrogen and oxygen atoms in total. The van der Waals surface area contributed by atoms with Gasteiger partial charge in [-0.05, 0) is 36.4 Å². The molecule has 4 heterocycles. The van der Waals surface area contributed by atoms with Gasteiger partial charge in [-0.1, -0.05) is 51.6 Å². The monoisotopic (exact) mass is 413 g/mol. The summed E-state index contributed by atoms with van der Waals surface area (Å²) in [7, 11) is 0.